The van der Waals surface area contributed by atoms with Crippen LogP contribution < -0.4 is 14.8 Å². The van der Waals surface area contributed by atoms with E-state index in [-0.39, 0.29) is 5.41 Å². The summed E-state index contributed by atoms with van der Waals surface area (Å²) >= 11 is 0. The van der Waals surface area contributed by atoms with Gasteiger partial charge in [-0.25, -0.2) is 0 Å². The van der Waals surface area contributed by atoms with Gasteiger partial charge in [0.15, 0.2) is 0 Å². The van der Waals surface area contributed by atoms with Gasteiger partial charge in [-0.05, 0) is 87.2 Å². The van der Waals surface area contributed by atoms with E-state index in [2.05, 4.69) is 68.6 Å². The summed E-state index contributed by atoms with van der Waals surface area (Å²) in [5.41, 5.74) is 2.97. The number of ether oxygens (including phenoxy) is 2. The summed E-state index contributed by atoms with van der Waals surface area (Å²) < 4.78 is 11.4. The molecule has 0 aromatic heterocycles. The third-order valence-electron chi connectivity index (χ3n) is 6.14. The first kappa shape index (κ1) is 24.3. The maximum atomic E-state index is 5.68. The van der Waals surface area contributed by atoms with Crippen LogP contribution in [-0.2, 0) is 11.8 Å². The zero-order valence-electron chi connectivity index (χ0n) is 19.7. The first-order chi connectivity index (χ1) is 14.5. The quantitative estimate of drug-likeness (QED) is 0.365. The minimum atomic E-state index is 0.234. The lowest BCUT2D eigenvalue weighted by molar-refractivity contribution is 0.304. The lowest BCUT2D eigenvalue weighted by Gasteiger charge is -2.34. The van der Waals surface area contributed by atoms with Crippen LogP contribution in [0.15, 0.2) is 48.5 Å². The monoisotopic (exact) mass is 411 g/mol. The van der Waals surface area contributed by atoms with Gasteiger partial charge in [-0.2, -0.15) is 0 Å². The molecule has 30 heavy (non-hydrogen) atoms. The van der Waals surface area contributed by atoms with E-state index in [1.165, 1.54) is 24.0 Å². The van der Waals surface area contributed by atoms with Crippen molar-refractivity contribution in [3.8, 4) is 11.5 Å². The van der Waals surface area contributed by atoms with Gasteiger partial charge in [0.05, 0.1) is 13.2 Å². The highest BCUT2D eigenvalue weighted by Gasteiger charge is 2.29. The smallest absolute Gasteiger partial charge is 0.123 e. The Morgan fingerprint density at radius 2 is 1.47 bits per heavy atom. The summed E-state index contributed by atoms with van der Waals surface area (Å²) in [7, 11) is 0. The molecule has 0 saturated heterocycles. The van der Waals surface area contributed by atoms with Crippen molar-refractivity contribution < 1.29 is 9.47 Å². The van der Waals surface area contributed by atoms with Crippen molar-refractivity contribution in [3.05, 3.63) is 59.7 Å². The fourth-order valence-corrected chi connectivity index (χ4v) is 3.98. The van der Waals surface area contributed by atoms with Crippen LogP contribution in [0.3, 0.4) is 0 Å². The minimum Gasteiger partial charge on any atom is -0.494 e. The van der Waals surface area contributed by atoms with Crippen molar-refractivity contribution in [2.75, 3.05) is 26.3 Å². The zero-order valence-corrected chi connectivity index (χ0v) is 19.7. The molecule has 0 aliphatic carbocycles. The molecule has 0 aliphatic rings. The molecule has 3 nitrogen and oxygen atoms in total. The summed E-state index contributed by atoms with van der Waals surface area (Å²) in [4.78, 5) is 0. The van der Waals surface area contributed by atoms with Gasteiger partial charge in [0.2, 0.25) is 0 Å². The van der Waals surface area contributed by atoms with E-state index >= 15 is 0 Å². The van der Waals surface area contributed by atoms with Gasteiger partial charge in [0.25, 0.3) is 0 Å². The molecule has 2 aromatic rings. The van der Waals surface area contributed by atoms with E-state index in [0.29, 0.717) is 19.1 Å². The molecule has 0 radical (unpaired) electrons. The van der Waals surface area contributed by atoms with Crippen molar-refractivity contribution in [2.45, 2.75) is 65.7 Å². The van der Waals surface area contributed by atoms with Gasteiger partial charge < -0.3 is 14.8 Å². The van der Waals surface area contributed by atoms with E-state index in [1.807, 2.05) is 19.9 Å². The van der Waals surface area contributed by atoms with Crippen molar-refractivity contribution in [2.24, 2.45) is 5.92 Å². The minimum absolute atomic E-state index is 0.234. The molecular formula is C27H41NO2. The second-order valence-electron chi connectivity index (χ2n) is 8.57. The van der Waals surface area contributed by atoms with E-state index < -0.39 is 0 Å². The molecular weight excluding hydrogens is 370 g/mol. The largest absolute Gasteiger partial charge is 0.494 e. The summed E-state index contributed by atoms with van der Waals surface area (Å²) in [6.45, 7) is 14.6. The number of hydrogen-bond acceptors (Lipinski definition) is 3. The SMILES string of the molecule is CCOc1cc(CCCNCCCC(C)(c2ccccc2)C(C)C)cc(OCC)c1. The second-order valence-corrected chi connectivity index (χ2v) is 8.57. The predicted molar refractivity (Wildman–Crippen MR) is 128 cm³/mol. The third-order valence-corrected chi connectivity index (χ3v) is 6.14. The number of rotatable bonds is 14. The maximum absolute atomic E-state index is 5.68. The molecule has 2 aromatic carbocycles. The van der Waals surface area contributed by atoms with Gasteiger partial charge in [0.1, 0.15) is 11.5 Å². The van der Waals surface area contributed by atoms with Gasteiger partial charge in [0, 0.05) is 6.07 Å². The Morgan fingerprint density at radius 3 is 2.03 bits per heavy atom. The molecule has 0 aliphatic heterocycles. The highest BCUT2D eigenvalue weighted by Crippen LogP contribution is 2.36. The van der Waals surface area contributed by atoms with E-state index in [9.17, 15) is 0 Å². The Morgan fingerprint density at radius 1 is 0.867 bits per heavy atom. The topological polar surface area (TPSA) is 30.5 Å². The molecule has 0 amide bonds. The summed E-state index contributed by atoms with van der Waals surface area (Å²) in [5.74, 6) is 2.43. The van der Waals surface area contributed by atoms with Crippen LogP contribution in [0.4, 0.5) is 0 Å². The standard InChI is InChI=1S/C27H41NO2/c1-6-29-25-19-23(20-26(21-25)30-7-2)13-11-17-28-18-12-16-27(5,22(3)4)24-14-9-8-10-15-24/h8-10,14-15,19-22,28H,6-7,11-13,16-18H2,1-5H3. The van der Waals surface area contributed by atoms with Crippen LogP contribution in [0.25, 0.3) is 0 Å². The van der Waals surface area contributed by atoms with Crippen molar-refractivity contribution in [1.29, 1.82) is 0 Å². The molecule has 1 unspecified atom stereocenters. The van der Waals surface area contributed by atoms with E-state index in [1.54, 1.807) is 0 Å². The number of benzene rings is 2. The normalized spacial score (nSPS) is 13.3. The first-order valence-corrected chi connectivity index (χ1v) is 11.7. The summed E-state index contributed by atoms with van der Waals surface area (Å²) in [5, 5.41) is 3.64. The Hall–Kier alpha value is -2.00. The van der Waals surface area contributed by atoms with Crippen molar-refractivity contribution in [3.63, 3.8) is 0 Å². The summed E-state index contributed by atoms with van der Waals surface area (Å²) in [6.07, 6.45) is 4.54. The van der Waals surface area contributed by atoms with Gasteiger partial charge >= 0.3 is 0 Å². The Balaban J connectivity index is 1.75. The van der Waals surface area contributed by atoms with Crippen LogP contribution >= 0.6 is 0 Å². The van der Waals surface area contributed by atoms with Crippen LogP contribution in [0.5, 0.6) is 11.5 Å². The van der Waals surface area contributed by atoms with Gasteiger partial charge in [-0.1, -0.05) is 51.1 Å². The maximum Gasteiger partial charge on any atom is 0.123 e. The van der Waals surface area contributed by atoms with Crippen LogP contribution in [-0.4, -0.2) is 26.3 Å². The fourth-order valence-electron chi connectivity index (χ4n) is 3.98. The molecule has 3 heteroatoms. The molecule has 0 bridgehead atoms. The number of nitrogens with one attached hydrogen (secondary N) is 1. The Labute approximate surface area is 184 Å². The average molecular weight is 412 g/mol. The molecule has 1 atom stereocenters. The highest BCUT2D eigenvalue weighted by atomic mass is 16.5. The molecule has 0 fully saturated rings. The first-order valence-electron chi connectivity index (χ1n) is 11.7. The number of aryl methyl sites for hydroxylation is 1. The molecule has 0 saturated carbocycles. The van der Waals surface area contributed by atoms with Crippen LogP contribution in [0, 0.1) is 5.92 Å². The van der Waals surface area contributed by atoms with E-state index in [4.69, 9.17) is 9.47 Å². The van der Waals surface area contributed by atoms with E-state index in [0.717, 1.165) is 37.4 Å². The average Bonchev–Trinajstić information content (AvgIpc) is 2.73. The predicted octanol–water partition coefficient (Wildman–Crippen LogP) is 6.40. The van der Waals surface area contributed by atoms with Crippen LogP contribution in [0.2, 0.25) is 0 Å². The molecule has 0 heterocycles. The molecule has 166 valence electrons. The van der Waals surface area contributed by atoms with Gasteiger partial charge in [-0.3, -0.25) is 0 Å². The lowest BCUT2D eigenvalue weighted by atomic mass is 9.70. The zero-order chi connectivity index (χ0) is 21.8. The highest BCUT2D eigenvalue weighted by molar-refractivity contribution is 5.38. The molecule has 0 spiro atoms. The van der Waals surface area contributed by atoms with Crippen molar-refractivity contribution >= 4 is 0 Å². The summed E-state index contributed by atoms with van der Waals surface area (Å²) in [6, 6.07) is 17.2. The Bertz CT molecular complexity index is 705. The van der Waals surface area contributed by atoms with Crippen LogP contribution in [0.1, 0.15) is 65.0 Å². The third kappa shape index (κ3) is 7.36. The van der Waals surface area contributed by atoms with Gasteiger partial charge in [-0.15, -0.1) is 0 Å². The lowest BCUT2D eigenvalue weighted by Crippen LogP contribution is -2.30. The Kier molecular flexibility index (Phi) is 10.2. The molecule has 2 rings (SSSR count). The molecule has 1 N–H and O–H groups in total. The number of hydrogen-bond donors (Lipinski definition) is 1. The van der Waals surface area contributed by atoms with Crippen molar-refractivity contribution in [1.82, 2.24) is 5.32 Å². The second kappa shape index (κ2) is 12.6. The fraction of sp³-hybridized carbons (Fsp3) is 0.556.